The topological polar surface area (TPSA) is 86.3 Å². The fourth-order valence-electron chi connectivity index (χ4n) is 4.19. The van der Waals surface area contributed by atoms with Gasteiger partial charge in [-0.1, -0.05) is 53.2 Å². The Labute approximate surface area is 208 Å². The number of amides is 1. The molecule has 1 amide bonds. The van der Waals surface area contributed by atoms with Crippen molar-refractivity contribution in [2.75, 3.05) is 26.2 Å². The van der Waals surface area contributed by atoms with E-state index in [2.05, 4.69) is 33.2 Å². The zero-order chi connectivity index (χ0) is 24.2. The molecule has 5 rings (SSSR count). The Bertz CT molecular complexity index is 1400. The normalized spacial score (nSPS) is 14.0. The molecule has 1 aliphatic rings. The molecule has 0 bridgehead atoms. The Morgan fingerprint density at radius 3 is 2.54 bits per heavy atom. The predicted molar refractivity (Wildman–Crippen MR) is 133 cm³/mol. The van der Waals surface area contributed by atoms with Crippen molar-refractivity contribution >= 4 is 17.5 Å². The van der Waals surface area contributed by atoms with Crippen LogP contribution in [0.15, 0.2) is 77.3 Å². The highest BCUT2D eigenvalue weighted by atomic mass is 35.5. The van der Waals surface area contributed by atoms with Crippen LogP contribution in [0.5, 0.6) is 0 Å². The highest BCUT2D eigenvalue weighted by molar-refractivity contribution is 6.30. The lowest BCUT2D eigenvalue weighted by Crippen LogP contribution is -2.48. The van der Waals surface area contributed by atoms with Crippen molar-refractivity contribution in [1.82, 2.24) is 19.9 Å². The van der Waals surface area contributed by atoms with Crippen LogP contribution in [-0.2, 0) is 6.54 Å². The molecule has 0 radical (unpaired) electrons. The number of hydrogen-bond donors (Lipinski definition) is 0. The summed E-state index contributed by atoms with van der Waals surface area (Å²) in [5.74, 6) is 0.858. The number of carbonyl (C=O) groups excluding carboxylic acids is 1. The number of piperazine rings is 1. The lowest BCUT2D eigenvalue weighted by molar-refractivity contribution is 0.0628. The van der Waals surface area contributed by atoms with Crippen LogP contribution in [0.1, 0.15) is 21.5 Å². The first kappa shape index (κ1) is 22.8. The van der Waals surface area contributed by atoms with E-state index in [0.29, 0.717) is 41.0 Å². The van der Waals surface area contributed by atoms with E-state index in [4.69, 9.17) is 16.1 Å². The maximum atomic E-state index is 12.9. The van der Waals surface area contributed by atoms with Gasteiger partial charge in [0.05, 0.1) is 17.2 Å². The van der Waals surface area contributed by atoms with Gasteiger partial charge < -0.3 is 9.42 Å². The Morgan fingerprint density at radius 1 is 0.971 bits per heavy atom. The number of halogens is 1. The van der Waals surface area contributed by atoms with E-state index in [1.165, 1.54) is 0 Å². The van der Waals surface area contributed by atoms with E-state index in [0.717, 1.165) is 36.3 Å². The SMILES string of the molecule is N#Cc1ccccc1C(=O)N1CCN(Cc2cccc(-c3noc(-c4cccc(Cl)c4)n3)c2)CC1. The summed E-state index contributed by atoms with van der Waals surface area (Å²) in [5, 5.41) is 14.1. The molecule has 0 saturated carbocycles. The number of hydrogen-bond acceptors (Lipinski definition) is 6. The number of aromatic nitrogens is 2. The maximum Gasteiger partial charge on any atom is 0.258 e. The number of nitriles is 1. The van der Waals surface area contributed by atoms with Crippen molar-refractivity contribution in [3.05, 3.63) is 94.5 Å². The Hall–Kier alpha value is -3.99. The van der Waals surface area contributed by atoms with Crippen molar-refractivity contribution in [3.8, 4) is 28.9 Å². The van der Waals surface area contributed by atoms with Crippen molar-refractivity contribution in [2.24, 2.45) is 0 Å². The smallest absolute Gasteiger partial charge is 0.258 e. The molecule has 0 unspecified atom stereocenters. The summed E-state index contributed by atoms with van der Waals surface area (Å²) in [6.07, 6.45) is 0. The lowest BCUT2D eigenvalue weighted by atomic mass is 10.1. The standard InChI is InChI=1S/C27H22ClN5O2/c28-23-9-4-8-21(16-23)26-30-25(31-35-26)20-7-3-5-19(15-20)18-32-11-13-33(14-12-32)27(34)24-10-2-1-6-22(24)17-29/h1-10,15-16H,11-14,18H2. The average molecular weight is 484 g/mol. The molecular formula is C27H22ClN5O2. The molecular weight excluding hydrogens is 462 g/mol. The van der Waals surface area contributed by atoms with E-state index in [1.807, 2.05) is 29.2 Å². The summed E-state index contributed by atoms with van der Waals surface area (Å²) in [6, 6.07) is 24.5. The van der Waals surface area contributed by atoms with Gasteiger partial charge in [-0.25, -0.2) is 0 Å². The zero-order valence-electron chi connectivity index (χ0n) is 18.9. The molecule has 2 heterocycles. The Balaban J connectivity index is 1.23. The lowest BCUT2D eigenvalue weighted by Gasteiger charge is -2.35. The Kier molecular flexibility index (Phi) is 6.57. The van der Waals surface area contributed by atoms with Crippen molar-refractivity contribution < 1.29 is 9.32 Å². The molecule has 0 aliphatic carbocycles. The van der Waals surface area contributed by atoms with Gasteiger partial charge in [-0.05, 0) is 42.0 Å². The molecule has 0 atom stereocenters. The summed E-state index contributed by atoms with van der Waals surface area (Å²) >= 11 is 6.07. The monoisotopic (exact) mass is 483 g/mol. The van der Waals surface area contributed by atoms with E-state index < -0.39 is 0 Å². The minimum atomic E-state index is -0.0867. The molecule has 1 aromatic heterocycles. The summed E-state index contributed by atoms with van der Waals surface area (Å²) in [5.41, 5.74) is 3.66. The van der Waals surface area contributed by atoms with Crippen molar-refractivity contribution in [2.45, 2.75) is 6.54 Å². The van der Waals surface area contributed by atoms with Crippen LogP contribution in [0.4, 0.5) is 0 Å². The van der Waals surface area contributed by atoms with Crippen LogP contribution in [0.3, 0.4) is 0 Å². The zero-order valence-corrected chi connectivity index (χ0v) is 19.7. The van der Waals surface area contributed by atoms with Gasteiger partial charge in [0, 0.05) is 48.9 Å². The second kappa shape index (κ2) is 10.1. The van der Waals surface area contributed by atoms with Crippen LogP contribution >= 0.6 is 11.6 Å². The summed E-state index contributed by atoms with van der Waals surface area (Å²) in [4.78, 5) is 21.6. The highest BCUT2D eigenvalue weighted by Crippen LogP contribution is 2.25. The third kappa shape index (κ3) is 5.09. The van der Waals surface area contributed by atoms with Gasteiger partial charge in [0.15, 0.2) is 0 Å². The molecule has 1 fully saturated rings. The fraction of sp³-hybridized carbons (Fsp3) is 0.185. The third-order valence-electron chi connectivity index (χ3n) is 6.03. The van der Waals surface area contributed by atoms with Gasteiger partial charge in [0.1, 0.15) is 0 Å². The van der Waals surface area contributed by atoms with Gasteiger partial charge in [0.25, 0.3) is 11.8 Å². The molecule has 0 spiro atoms. The van der Waals surface area contributed by atoms with E-state index >= 15 is 0 Å². The fourth-order valence-corrected chi connectivity index (χ4v) is 4.38. The predicted octanol–water partition coefficient (Wildman–Crippen LogP) is 4.89. The minimum Gasteiger partial charge on any atom is -0.336 e. The molecule has 0 N–H and O–H groups in total. The average Bonchev–Trinajstić information content (AvgIpc) is 3.40. The Morgan fingerprint density at radius 2 is 1.74 bits per heavy atom. The molecule has 4 aromatic rings. The molecule has 1 aliphatic heterocycles. The molecule has 3 aromatic carbocycles. The maximum absolute atomic E-state index is 12.9. The van der Waals surface area contributed by atoms with Crippen LogP contribution in [0.2, 0.25) is 5.02 Å². The van der Waals surface area contributed by atoms with Gasteiger partial charge in [-0.3, -0.25) is 9.69 Å². The van der Waals surface area contributed by atoms with E-state index in [-0.39, 0.29) is 5.91 Å². The molecule has 7 nitrogen and oxygen atoms in total. The molecule has 1 saturated heterocycles. The second-order valence-corrected chi connectivity index (χ2v) is 8.80. The summed E-state index contributed by atoms with van der Waals surface area (Å²) < 4.78 is 5.45. The summed E-state index contributed by atoms with van der Waals surface area (Å²) in [6.45, 7) is 3.50. The largest absolute Gasteiger partial charge is 0.336 e. The molecule has 8 heteroatoms. The van der Waals surface area contributed by atoms with Crippen molar-refractivity contribution in [1.29, 1.82) is 5.26 Å². The van der Waals surface area contributed by atoms with Gasteiger partial charge in [0.2, 0.25) is 5.82 Å². The first-order valence-electron chi connectivity index (χ1n) is 11.3. The minimum absolute atomic E-state index is 0.0867. The third-order valence-corrected chi connectivity index (χ3v) is 6.26. The highest BCUT2D eigenvalue weighted by Gasteiger charge is 2.24. The number of benzene rings is 3. The number of rotatable bonds is 5. The van der Waals surface area contributed by atoms with Crippen LogP contribution in [-0.4, -0.2) is 52.0 Å². The van der Waals surface area contributed by atoms with Crippen LogP contribution in [0, 0.1) is 11.3 Å². The molecule has 174 valence electrons. The first-order chi connectivity index (χ1) is 17.1. The van der Waals surface area contributed by atoms with E-state index in [1.54, 1.807) is 36.4 Å². The summed E-state index contributed by atoms with van der Waals surface area (Å²) in [7, 11) is 0. The first-order valence-corrected chi connectivity index (χ1v) is 11.7. The van der Waals surface area contributed by atoms with E-state index in [9.17, 15) is 10.1 Å². The number of carbonyl (C=O) groups is 1. The van der Waals surface area contributed by atoms with Gasteiger partial charge in [-0.2, -0.15) is 10.2 Å². The second-order valence-electron chi connectivity index (χ2n) is 8.36. The van der Waals surface area contributed by atoms with Crippen molar-refractivity contribution in [3.63, 3.8) is 0 Å². The quantitative estimate of drug-likeness (QED) is 0.402. The number of nitrogens with zero attached hydrogens (tertiary/aromatic N) is 5. The van der Waals surface area contributed by atoms with Crippen LogP contribution < -0.4 is 0 Å². The van der Waals surface area contributed by atoms with Gasteiger partial charge >= 0.3 is 0 Å². The van der Waals surface area contributed by atoms with Crippen LogP contribution in [0.25, 0.3) is 22.8 Å². The molecule has 35 heavy (non-hydrogen) atoms. The van der Waals surface area contributed by atoms with Gasteiger partial charge in [-0.15, -0.1) is 0 Å².